The number of methoxy groups -OCH3 is 1. The Morgan fingerprint density at radius 3 is 2.32 bits per heavy atom. The summed E-state index contributed by atoms with van der Waals surface area (Å²) in [4.78, 5) is 27.5. The molecule has 1 aromatic carbocycles. The van der Waals surface area contributed by atoms with Crippen molar-refractivity contribution in [1.29, 1.82) is 0 Å². The predicted octanol–water partition coefficient (Wildman–Crippen LogP) is 4.81. The van der Waals surface area contributed by atoms with Gasteiger partial charge in [-0.2, -0.15) is 0 Å². The molecule has 1 aromatic heterocycles. The number of pyridine rings is 1. The van der Waals surface area contributed by atoms with Crippen LogP contribution in [0.1, 0.15) is 64.9 Å². The monoisotopic (exact) mass is 472 g/mol. The van der Waals surface area contributed by atoms with Gasteiger partial charge in [-0.1, -0.05) is 19.8 Å². The summed E-state index contributed by atoms with van der Waals surface area (Å²) in [5.74, 6) is 0.00323. The number of aromatic nitrogens is 1. The Morgan fingerprint density at radius 1 is 1.06 bits per heavy atom. The van der Waals surface area contributed by atoms with Crippen LogP contribution in [0.5, 0.6) is 11.5 Å². The van der Waals surface area contributed by atoms with Crippen LogP contribution in [0.25, 0.3) is 11.1 Å². The molecule has 8 nitrogen and oxygen atoms in total. The van der Waals surface area contributed by atoms with E-state index in [1.165, 1.54) is 21.0 Å². The Morgan fingerprint density at radius 2 is 1.74 bits per heavy atom. The second-order valence-corrected chi connectivity index (χ2v) is 8.38. The molecule has 0 amide bonds. The molecular formula is C26H36N2O6. The molecule has 2 aromatic rings. The number of nitrogens with two attached hydrogens (primary N) is 1. The molecule has 3 N–H and O–H groups in total. The molecule has 0 bridgehead atoms. The third-order valence-corrected chi connectivity index (χ3v) is 5.55. The van der Waals surface area contributed by atoms with Gasteiger partial charge in [-0.25, -0.2) is 4.98 Å². The SMILES string of the molecule is CCCCC[C@@H](C[C@@H](CCc1cc(OC)c(O)cc1-c1ccnc(N)c1)OC(C)=O)OC(C)=O. The minimum atomic E-state index is -0.432. The van der Waals surface area contributed by atoms with E-state index in [0.717, 1.165) is 42.4 Å². The van der Waals surface area contributed by atoms with Crippen molar-refractivity contribution < 1.29 is 28.9 Å². The molecule has 186 valence electrons. The second-order valence-electron chi connectivity index (χ2n) is 8.38. The van der Waals surface area contributed by atoms with Gasteiger partial charge >= 0.3 is 11.9 Å². The highest BCUT2D eigenvalue weighted by Crippen LogP contribution is 2.36. The number of phenols is 1. The van der Waals surface area contributed by atoms with Crippen molar-refractivity contribution >= 4 is 17.8 Å². The first-order valence-electron chi connectivity index (χ1n) is 11.7. The van der Waals surface area contributed by atoms with Gasteiger partial charge < -0.3 is 25.1 Å². The minimum Gasteiger partial charge on any atom is -0.504 e. The van der Waals surface area contributed by atoms with Gasteiger partial charge in [0.2, 0.25) is 0 Å². The van der Waals surface area contributed by atoms with Crippen LogP contribution in [-0.2, 0) is 25.5 Å². The molecule has 0 radical (unpaired) electrons. The first-order chi connectivity index (χ1) is 16.2. The van der Waals surface area contributed by atoms with Crippen molar-refractivity contribution in [3.63, 3.8) is 0 Å². The van der Waals surface area contributed by atoms with Crippen LogP contribution >= 0.6 is 0 Å². The molecule has 2 rings (SSSR count). The average Bonchev–Trinajstić information content (AvgIpc) is 2.77. The van der Waals surface area contributed by atoms with Gasteiger partial charge in [0.05, 0.1) is 7.11 Å². The zero-order chi connectivity index (χ0) is 25.1. The summed E-state index contributed by atoms with van der Waals surface area (Å²) in [6, 6.07) is 6.96. The Balaban J connectivity index is 2.27. The number of carbonyl (C=O) groups is 2. The predicted molar refractivity (Wildman–Crippen MR) is 130 cm³/mol. The number of benzene rings is 1. The van der Waals surface area contributed by atoms with Crippen LogP contribution in [-0.4, -0.2) is 41.3 Å². The van der Waals surface area contributed by atoms with Gasteiger partial charge in [-0.3, -0.25) is 9.59 Å². The van der Waals surface area contributed by atoms with Crippen molar-refractivity contribution in [2.24, 2.45) is 0 Å². The van der Waals surface area contributed by atoms with Crippen molar-refractivity contribution in [2.75, 3.05) is 12.8 Å². The first kappa shape index (κ1) is 27.0. The Labute approximate surface area is 201 Å². The molecule has 0 aliphatic rings. The van der Waals surface area contributed by atoms with Gasteiger partial charge in [0, 0.05) is 26.5 Å². The highest BCUT2D eigenvalue weighted by Gasteiger charge is 2.22. The molecular weight excluding hydrogens is 436 g/mol. The van der Waals surface area contributed by atoms with Crippen molar-refractivity contribution in [3.8, 4) is 22.6 Å². The summed E-state index contributed by atoms with van der Waals surface area (Å²) >= 11 is 0. The Kier molecular flexibility index (Phi) is 10.6. The maximum Gasteiger partial charge on any atom is 0.302 e. The van der Waals surface area contributed by atoms with E-state index in [1.807, 2.05) is 6.07 Å². The second kappa shape index (κ2) is 13.4. The number of nitrogen functional groups attached to an aromatic ring is 1. The number of ether oxygens (including phenoxy) is 3. The van der Waals surface area contributed by atoms with Crippen LogP contribution in [0.3, 0.4) is 0 Å². The summed E-state index contributed by atoms with van der Waals surface area (Å²) in [7, 11) is 1.49. The number of aromatic hydroxyl groups is 1. The van der Waals surface area contributed by atoms with Crippen molar-refractivity contribution in [2.45, 2.75) is 77.9 Å². The fraction of sp³-hybridized carbons (Fsp3) is 0.500. The summed E-state index contributed by atoms with van der Waals surface area (Å²) in [5.41, 5.74) is 8.35. The molecule has 34 heavy (non-hydrogen) atoms. The molecule has 0 unspecified atom stereocenters. The lowest BCUT2D eigenvalue weighted by atomic mass is 9.93. The number of rotatable bonds is 13. The largest absolute Gasteiger partial charge is 0.504 e. The van der Waals surface area contributed by atoms with E-state index in [0.29, 0.717) is 30.8 Å². The number of anilines is 1. The van der Waals surface area contributed by atoms with Crippen LogP contribution in [0.2, 0.25) is 0 Å². The number of carbonyl (C=O) groups excluding carboxylic acids is 2. The summed E-state index contributed by atoms with van der Waals surface area (Å²) in [6.07, 6.45) is 6.09. The van der Waals surface area contributed by atoms with Crippen LogP contribution in [0.15, 0.2) is 30.5 Å². The van der Waals surface area contributed by atoms with Gasteiger partial charge in [0.15, 0.2) is 11.5 Å². The molecule has 0 aliphatic carbocycles. The first-order valence-corrected chi connectivity index (χ1v) is 11.7. The highest BCUT2D eigenvalue weighted by atomic mass is 16.6. The van der Waals surface area contributed by atoms with Crippen molar-refractivity contribution in [3.05, 3.63) is 36.0 Å². The van der Waals surface area contributed by atoms with E-state index in [9.17, 15) is 14.7 Å². The number of aryl methyl sites for hydroxylation is 1. The topological polar surface area (TPSA) is 121 Å². The third-order valence-electron chi connectivity index (χ3n) is 5.55. The number of phenolic OH excluding ortho intramolecular Hbond substituents is 1. The number of nitrogens with zero attached hydrogens (tertiary/aromatic N) is 1. The van der Waals surface area contributed by atoms with Crippen LogP contribution in [0.4, 0.5) is 5.82 Å². The number of esters is 2. The Bertz CT molecular complexity index is 962. The summed E-state index contributed by atoms with van der Waals surface area (Å²) < 4.78 is 16.4. The molecule has 8 heteroatoms. The highest BCUT2D eigenvalue weighted by molar-refractivity contribution is 5.72. The molecule has 0 saturated heterocycles. The zero-order valence-corrected chi connectivity index (χ0v) is 20.5. The van der Waals surface area contributed by atoms with Crippen LogP contribution < -0.4 is 10.5 Å². The lowest BCUT2D eigenvalue weighted by Crippen LogP contribution is -2.27. The lowest BCUT2D eigenvalue weighted by molar-refractivity contribution is -0.153. The smallest absolute Gasteiger partial charge is 0.302 e. The number of hydrogen-bond acceptors (Lipinski definition) is 8. The number of hydrogen-bond donors (Lipinski definition) is 2. The lowest BCUT2D eigenvalue weighted by Gasteiger charge is -2.24. The van der Waals surface area contributed by atoms with Gasteiger partial charge in [-0.05, 0) is 66.6 Å². The third kappa shape index (κ3) is 8.57. The molecule has 0 spiro atoms. The van der Waals surface area contributed by atoms with E-state index in [1.54, 1.807) is 24.4 Å². The maximum absolute atomic E-state index is 11.8. The normalized spacial score (nSPS) is 12.6. The van der Waals surface area contributed by atoms with E-state index in [-0.39, 0.29) is 23.8 Å². The van der Waals surface area contributed by atoms with Gasteiger partial charge in [0.25, 0.3) is 0 Å². The Hall–Kier alpha value is -3.29. The molecule has 2 atom stereocenters. The fourth-order valence-corrected chi connectivity index (χ4v) is 4.02. The fourth-order valence-electron chi connectivity index (χ4n) is 4.02. The van der Waals surface area contributed by atoms with E-state index < -0.39 is 6.10 Å². The zero-order valence-electron chi connectivity index (χ0n) is 20.5. The van der Waals surface area contributed by atoms with E-state index >= 15 is 0 Å². The summed E-state index contributed by atoms with van der Waals surface area (Å²) in [5, 5.41) is 10.4. The molecule has 0 fully saturated rings. The molecule has 1 heterocycles. The summed E-state index contributed by atoms with van der Waals surface area (Å²) in [6.45, 7) is 4.88. The average molecular weight is 473 g/mol. The van der Waals surface area contributed by atoms with Crippen LogP contribution in [0, 0.1) is 0 Å². The minimum absolute atomic E-state index is 0.0130. The molecule has 0 aliphatic heterocycles. The molecule has 0 saturated carbocycles. The van der Waals surface area contributed by atoms with Gasteiger partial charge in [0.1, 0.15) is 18.0 Å². The number of unbranched alkanes of at least 4 members (excludes halogenated alkanes) is 2. The van der Waals surface area contributed by atoms with Gasteiger partial charge in [-0.15, -0.1) is 0 Å². The van der Waals surface area contributed by atoms with E-state index in [4.69, 9.17) is 19.9 Å². The van der Waals surface area contributed by atoms with Crippen molar-refractivity contribution in [1.82, 2.24) is 4.98 Å². The quantitative estimate of drug-likeness (QED) is 0.315. The maximum atomic E-state index is 11.8. The van der Waals surface area contributed by atoms with E-state index in [2.05, 4.69) is 11.9 Å². The standard InChI is InChI=1S/C26H36N2O6/c1-5-6-7-8-21(33-17(2)29)15-22(34-18(3)30)10-9-19-13-25(32-4)24(31)16-23(19)20-11-12-28-26(27)14-20/h11-14,16,21-22,31H,5-10,15H2,1-4H3,(H2,27,28)/t21-,22+/m0/s1.